The molecule has 0 radical (unpaired) electrons. The van der Waals surface area contributed by atoms with Crippen LogP contribution in [0.25, 0.3) is 0 Å². The molecule has 0 spiro atoms. The van der Waals surface area contributed by atoms with Crippen LogP contribution in [0.1, 0.15) is 19.3 Å². The van der Waals surface area contributed by atoms with Crippen LogP contribution in [-0.2, 0) is 0 Å². The molecule has 1 saturated heterocycles. The maximum Gasteiger partial charge on any atom is 0.115 e. The van der Waals surface area contributed by atoms with Crippen molar-refractivity contribution in [3.05, 3.63) is 0 Å². The number of halogens is 1. The molecule has 0 aromatic heterocycles. The molecule has 1 rings (SSSR count). The van der Waals surface area contributed by atoms with E-state index in [0.717, 1.165) is 19.6 Å². The monoisotopic (exact) mass is 161 g/mol. The van der Waals surface area contributed by atoms with Crippen LogP contribution < -0.4 is 0 Å². The first-order chi connectivity index (χ1) is 5.33. The van der Waals surface area contributed by atoms with Gasteiger partial charge in [0.1, 0.15) is 6.67 Å². The first-order valence-electron chi connectivity index (χ1n) is 4.29. The Kier molecular flexibility index (Phi) is 3.80. The predicted molar refractivity (Wildman–Crippen MR) is 42.3 cm³/mol. The zero-order chi connectivity index (χ0) is 8.10. The van der Waals surface area contributed by atoms with Crippen LogP contribution in [0, 0.1) is 0 Å². The van der Waals surface area contributed by atoms with Gasteiger partial charge in [-0.3, -0.25) is 0 Å². The highest BCUT2D eigenvalue weighted by atomic mass is 19.1. The molecule has 3 heteroatoms. The lowest BCUT2D eigenvalue weighted by atomic mass is 10.2. The summed E-state index contributed by atoms with van der Waals surface area (Å²) in [6.45, 7) is 2.50. The van der Waals surface area contributed by atoms with E-state index < -0.39 is 12.8 Å². The topological polar surface area (TPSA) is 23.5 Å². The molecule has 0 bridgehead atoms. The van der Waals surface area contributed by atoms with Crippen molar-refractivity contribution < 1.29 is 9.50 Å². The molecule has 0 amide bonds. The largest absolute Gasteiger partial charge is 0.390 e. The Labute approximate surface area is 67.0 Å². The highest BCUT2D eigenvalue weighted by molar-refractivity contribution is 4.67. The molecular formula is C8H16FNO. The van der Waals surface area contributed by atoms with Gasteiger partial charge >= 0.3 is 0 Å². The highest BCUT2D eigenvalue weighted by Crippen LogP contribution is 2.08. The van der Waals surface area contributed by atoms with Crippen molar-refractivity contribution in [1.29, 1.82) is 0 Å². The number of rotatable bonds is 4. The Hall–Kier alpha value is -0.150. The van der Waals surface area contributed by atoms with Gasteiger partial charge in [0.15, 0.2) is 0 Å². The Morgan fingerprint density at radius 3 is 2.55 bits per heavy atom. The molecule has 1 atom stereocenters. The van der Waals surface area contributed by atoms with Crippen LogP contribution in [0.2, 0.25) is 0 Å². The summed E-state index contributed by atoms with van der Waals surface area (Å²) in [6, 6.07) is 0. The molecule has 11 heavy (non-hydrogen) atoms. The summed E-state index contributed by atoms with van der Waals surface area (Å²) in [5.74, 6) is 0. The van der Waals surface area contributed by atoms with E-state index in [4.69, 9.17) is 5.11 Å². The number of likely N-dealkylation sites (tertiary alicyclic amines) is 1. The maximum absolute atomic E-state index is 11.8. The average molecular weight is 161 g/mol. The van der Waals surface area contributed by atoms with E-state index in [2.05, 4.69) is 4.90 Å². The van der Waals surface area contributed by atoms with Gasteiger partial charge in [-0.2, -0.15) is 0 Å². The van der Waals surface area contributed by atoms with Gasteiger partial charge in [0.05, 0.1) is 6.10 Å². The number of hydrogen-bond acceptors (Lipinski definition) is 2. The fraction of sp³-hybridized carbons (Fsp3) is 1.00. The standard InChI is InChI=1S/C8H16FNO/c9-7-8(11)3-6-10-4-1-2-5-10/h8,11H,1-7H2. The van der Waals surface area contributed by atoms with Crippen molar-refractivity contribution in [3.63, 3.8) is 0 Å². The minimum absolute atomic E-state index is 0.580. The molecule has 1 aliphatic heterocycles. The van der Waals surface area contributed by atoms with Crippen molar-refractivity contribution in [2.75, 3.05) is 26.3 Å². The third-order valence-corrected chi connectivity index (χ3v) is 2.16. The molecule has 1 aliphatic rings. The first kappa shape index (κ1) is 8.94. The fourth-order valence-electron chi connectivity index (χ4n) is 1.41. The number of aliphatic hydroxyl groups excluding tert-OH is 1. The maximum atomic E-state index is 11.8. The lowest BCUT2D eigenvalue weighted by Gasteiger charge is -2.15. The Balaban J connectivity index is 2.01. The Morgan fingerprint density at radius 1 is 1.36 bits per heavy atom. The van der Waals surface area contributed by atoms with Crippen molar-refractivity contribution in [1.82, 2.24) is 4.90 Å². The van der Waals surface area contributed by atoms with E-state index in [1.165, 1.54) is 12.8 Å². The third kappa shape index (κ3) is 3.16. The van der Waals surface area contributed by atoms with E-state index in [1.54, 1.807) is 0 Å². The van der Waals surface area contributed by atoms with Crippen LogP contribution in [0.4, 0.5) is 4.39 Å². The second kappa shape index (κ2) is 4.67. The normalized spacial score (nSPS) is 22.4. The number of aliphatic hydroxyl groups is 1. The van der Waals surface area contributed by atoms with Gasteiger partial charge in [-0.25, -0.2) is 4.39 Å². The van der Waals surface area contributed by atoms with Crippen LogP contribution in [0.3, 0.4) is 0 Å². The van der Waals surface area contributed by atoms with Gasteiger partial charge in [-0.15, -0.1) is 0 Å². The van der Waals surface area contributed by atoms with Crippen LogP contribution in [-0.4, -0.2) is 42.4 Å². The third-order valence-electron chi connectivity index (χ3n) is 2.16. The molecule has 0 aliphatic carbocycles. The zero-order valence-electron chi connectivity index (χ0n) is 6.80. The SMILES string of the molecule is OC(CF)CCN1CCCC1. The number of hydrogen-bond donors (Lipinski definition) is 1. The fourth-order valence-corrected chi connectivity index (χ4v) is 1.41. The Bertz CT molecular complexity index is 104. The molecule has 2 nitrogen and oxygen atoms in total. The molecule has 1 N–H and O–H groups in total. The van der Waals surface area contributed by atoms with Gasteiger partial charge < -0.3 is 10.0 Å². The lowest BCUT2D eigenvalue weighted by Crippen LogP contribution is -2.24. The van der Waals surface area contributed by atoms with Gasteiger partial charge in [0.2, 0.25) is 0 Å². The van der Waals surface area contributed by atoms with Crippen LogP contribution >= 0.6 is 0 Å². The molecule has 0 aromatic carbocycles. The quantitative estimate of drug-likeness (QED) is 0.659. The van der Waals surface area contributed by atoms with Crippen molar-refractivity contribution in [3.8, 4) is 0 Å². The first-order valence-corrected chi connectivity index (χ1v) is 4.29. The molecule has 66 valence electrons. The summed E-state index contributed by atoms with van der Waals surface area (Å²) in [6.07, 6.45) is 2.35. The summed E-state index contributed by atoms with van der Waals surface area (Å²) < 4.78 is 11.8. The Morgan fingerprint density at radius 2 is 2.00 bits per heavy atom. The summed E-state index contributed by atoms with van der Waals surface area (Å²) >= 11 is 0. The van der Waals surface area contributed by atoms with Gasteiger partial charge in [0, 0.05) is 6.54 Å². The molecule has 1 unspecified atom stereocenters. The van der Waals surface area contributed by atoms with Gasteiger partial charge in [0.25, 0.3) is 0 Å². The molecule has 0 saturated carbocycles. The van der Waals surface area contributed by atoms with Crippen LogP contribution in [0.15, 0.2) is 0 Å². The number of alkyl halides is 1. The highest BCUT2D eigenvalue weighted by Gasteiger charge is 2.12. The van der Waals surface area contributed by atoms with Crippen molar-refractivity contribution in [2.24, 2.45) is 0 Å². The smallest absolute Gasteiger partial charge is 0.115 e. The zero-order valence-corrected chi connectivity index (χ0v) is 6.80. The second-order valence-electron chi connectivity index (χ2n) is 3.15. The second-order valence-corrected chi connectivity index (χ2v) is 3.15. The van der Waals surface area contributed by atoms with Gasteiger partial charge in [-0.1, -0.05) is 0 Å². The molecular weight excluding hydrogens is 145 g/mol. The minimum atomic E-state index is -0.740. The van der Waals surface area contributed by atoms with Crippen LogP contribution in [0.5, 0.6) is 0 Å². The molecule has 1 heterocycles. The van der Waals surface area contributed by atoms with E-state index in [0.29, 0.717) is 6.42 Å². The van der Waals surface area contributed by atoms with E-state index in [-0.39, 0.29) is 0 Å². The van der Waals surface area contributed by atoms with Crippen molar-refractivity contribution in [2.45, 2.75) is 25.4 Å². The summed E-state index contributed by atoms with van der Waals surface area (Å²) in [5, 5.41) is 8.92. The lowest BCUT2D eigenvalue weighted by molar-refractivity contribution is 0.118. The molecule has 1 fully saturated rings. The van der Waals surface area contributed by atoms with Gasteiger partial charge in [-0.05, 0) is 32.4 Å². The average Bonchev–Trinajstić information content (AvgIpc) is 2.52. The van der Waals surface area contributed by atoms with Crippen molar-refractivity contribution >= 4 is 0 Å². The molecule has 0 aromatic rings. The van der Waals surface area contributed by atoms with E-state index in [9.17, 15) is 4.39 Å². The van der Waals surface area contributed by atoms with E-state index >= 15 is 0 Å². The van der Waals surface area contributed by atoms with E-state index in [1.807, 2.05) is 0 Å². The summed E-state index contributed by atoms with van der Waals surface area (Å²) in [4.78, 5) is 2.28. The number of nitrogens with zero attached hydrogens (tertiary/aromatic N) is 1. The summed E-state index contributed by atoms with van der Waals surface area (Å²) in [5.41, 5.74) is 0. The minimum Gasteiger partial charge on any atom is -0.390 e. The summed E-state index contributed by atoms with van der Waals surface area (Å²) in [7, 11) is 0. The predicted octanol–water partition coefficient (Wildman–Crippen LogP) is 0.803.